The third kappa shape index (κ3) is 6.00. The summed E-state index contributed by atoms with van der Waals surface area (Å²) in [5.74, 6) is 0.943. The lowest BCUT2D eigenvalue weighted by Gasteiger charge is -2.39. The number of alkyl halides is 3. The van der Waals surface area contributed by atoms with Gasteiger partial charge in [-0.25, -0.2) is 0 Å². The van der Waals surface area contributed by atoms with Crippen LogP contribution in [0, 0.1) is 11.8 Å². The highest BCUT2D eigenvalue weighted by atomic mass is 19.4. The molecule has 0 bridgehead atoms. The molecule has 1 fully saturated rings. The van der Waals surface area contributed by atoms with Crippen molar-refractivity contribution >= 4 is 0 Å². The highest BCUT2D eigenvalue weighted by Crippen LogP contribution is 2.31. The fourth-order valence-electron chi connectivity index (χ4n) is 3.22. The fraction of sp³-hybridized carbons (Fsp3) is 1.00. The first-order valence-electron chi connectivity index (χ1n) is 7.77. The lowest BCUT2D eigenvalue weighted by molar-refractivity contribution is -0.151. The zero-order valence-electron chi connectivity index (χ0n) is 13.1. The van der Waals surface area contributed by atoms with Crippen LogP contribution in [0.3, 0.4) is 0 Å². The van der Waals surface area contributed by atoms with Gasteiger partial charge in [0.05, 0.1) is 6.54 Å². The van der Waals surface area contributed by atoms with Gasteiger partial charge in [0.1, 0.15) is 0 Å². The van der Waals surface area contributed by atoms with Gasteiger partial charge in [-0.2, -0.15) is 13.2 Å². The zero-order chi connectivity index (χ0) is 15.3. The third-order valence-electron chi connectivity index (χ3n) is 4.29. The van der Waals surface area contributed by atoms with Crippen LogP contribution >= 0.6 is 0 Å². The summed E-state index contributed by atoms with van der Waals surface area (Å²) in [5, 5.41) is 3.45. The molecular formula is C15H29F3N2. The van der Waals surface area contributed by atoms with Crippen molar-refractivity contribution in [2.45, 2.75) is 65.2 Å². The van der Waals surface area contributed by atoms with Crippen molar-refractivity contribution in [1.29, 1.82) is 0 Å². The number of nitrogens with zero attached hydrogens (tertiary/aromatic N) is 1. The molecule has 0 heterocycles. The minimum atomic E-state index is -4.11. The number of halogens is 3. The molecular weight excluding hydrogens is 265 g/mol. The molecule has 0 saturated heterocycles. The summed E-state index contributed by atoms with van der Waals surface area (Å²) < 4.78 is 38.1. The van der Waals surface area contributed by atoms with E-state index in [1.807, 2.05) is 13.8 Å². The smallest absolute Gasteiger partial charge is 0.314 e. The SMILES string of the molecule is CCNC1CCC(C)CC1CN(CC(F)(F)F)C(C)C. The van der Waals surface area contributed by atoms with E-state index in [0.29, 0.717) is 24.4 Å². The van der Waals surface area contributed by atoms with Gasteiger partial charge in [0.2, 0.25) is 0 Å². The molecule has 2 nitrogen and oxygen atoms in total. The Morgan fingerprint density at radius 1 is 1.25 bits per heavy atom. The second-order valence-electron chi connectivity index (χ2n) is 6.48. The Hall–Kier alpha value is -0.290. The second-order valence-corrected chi connectivity index (χ2v) is 6.48. The van der Waals surface area contributed by atoms with Gasteiger partial charge in [0.15, 0.2) is 0 Å². The first kappa shape index (κ1) is 17.8. The van der Waals surface area contributed by atoms with Gasteiger partial charge >= 0.3 is 6.18 Å². The third-order valence-corrected chi connectivity index (χ3v) is 4.29. The Kier molecular flexibility index (Phi) is 6.79. The van der Waals surface area contributed by atoms with Crippen LogP contribution < -0.4 is 5.32 Å². The molecule has 1 saturated carbocycles. The molecule has 0 aliphatic heterocycles. The molecule has 1 aliphatic carbocycles. The largest absolute Gasteiger partial charge is 0.401 e. The summed E-state index contributed by atoms with van der Waals surface area (Å²) in [6.45, 7) is 8.59. The summed E-state index contributed by atoms with van der Waals surface area (Å²) in [7, 11) is 0. The number of nitrogens with one attached hydrogen (secondary N) is 1. The van der Waals surface area contributed by atoms with Crippen LogP contribution in [-0.4, -0.2) is 42.8 Å². The van der Waals surface area contributed by atoms with Gasteiger partial charge in [-0.15, -0.1) is 0 Å². The van der Waals surface area contributed by atoms with E-state index in [4.69, 9.17) is 0 Å². The monoisotopic (exact) mass is 294 g/mol. The molecule has 0 aromatic heterocycles. The van der Waals surface area contributed by atoms with Crippen LogP contribution in [0.15, 0.2) is 0 Å². The topological polar surface area (TPSA) is 15.3 Å². The summed E-state index contributed by atoms with van der Waals surface area (Å²) in [6, 6.07) is 0.293. The quantitative estimate of drug-likeness (QED) is 0.804. The van der Waals surface area contributed by atoms with E-state index in [0.717, 1.165) is 19.4 Å². The van der Waals surface area contributed by atoms with Crippen molar-refractivity contribution in [1.82, 2.24) is 10.2 Å². The second kappa shape index (κ2) is 7.64. The number of hydrogen-bond donors (Lipinski definition) is 1. The molecule has 1 N–H and O–H groups in total. The summed E-state index contributed by atoms with van der Waals surface area (Å²) >= 11 is 0. The highest BCUT2D eigenvalue weighted by molar-refractivity contribution is 4.86. The van der Waals surface area contributed by atoms with Crippen molar-refractivity contribution in [3.05, 3.63) is 0 Å². The van der Waals surface area contributed by atoms with Gasteiger partial charge in [-0.3, -0.25) is 4.90 Å². The average molecular weight is 294 g/mol. The van der Waals surface area contributed by atoms with Crippen LogP contribution in [-0.2, 0) is 0 Å². The van der Waals surface area contributed by atoms with Gasteiger partial charge in [0, 0.05) is 18.6 Å². The predicted molar refractivity (Wildman–Crippen MR) is 76.7 cm³/mol. The van der Waals surface area contributed by atoms with Crippen LogP contribution in [0.25, 0.3) is 0 Å². The van der Waals surface area contributed by atoms with Crippen LogP contribution in [0.4, 0.5) is 13.2 Å². The standard InChI is InChI=1S/C15H29F3N2/c1-5-19-14-7-6-12(4)8-13(14)9-20(11(2)3)10-15(16,17)18/h11-14,19H,5-10H2,1-4H3. The van der Waals surface area contributed by atoms with Crippen molar-refractivity contribution in [2.75, 3.05) is 19.6 Å². The highest BCUT2D eigenvalue weighted by Gasteiger charge is 2.35. The van der Waals surface area contributed by atoms with Crippen LogP contribution in [0.2, 0.25) is 0 Å². The van der Waals surface area contributed by atoms with E-state index in [-0.39, 0.29) is 6.04 Å². The first-order chi connectivity index (χ1) is 9.23. The Morgan fingerprint density at radius 2 is 1.90 bits per heavy atom. The minimum absolute atomic E-state index is 0.0730. The van der Waals surface area contributed by atoms with Gasteiger partial charge in [-0.1, -0.05) is 13.8 Å². The molecule has 3 atom stereocenters. The maximum absolute atomic E-state index is 12.7. The summed E-state index contributed by atoms with van der Waals surface area (Å²) in [5.41, 5.74) is 0. The minimum Gasteiger partial charge on any atom is -0.314 e. The normalized spacial score (nSPS) is 28.4. The van der Waals surface area contributed by atoms with E-state index in [9.17, 15) is 13.2 Å². The first-order valence-corrected chi connectivity index (χ1v) is 7.77. The van der Waals surface area contributed by atoms with E-state index in [2.05, 4.69) is 19.2 Å². The molecule has 0 aromatic carbocycles. The molecule has 0 aromatic rings. The van der Waals surface area contributed by atoms with Crippen molar-refractivity contribution < 1.29 is 13.2 Å². The Balaban J connectivity index is 2.67. The van der Waals surface area contributed by atoms with E-state index in [1.54, 1.807) is 4.90 Å². The molecule has 1 aliphatic rings. The fourth-order valence-corrected chi connectivity index (χ4v) is 3.22. The van der Waals surface area contributed by atoms with Crippen molar-refractivity contribution in [2.24, 2.45) is 11.8 Å². The average Bonchev–Trinajstić information content (AvgIpc) is 2.30. The van der Waals surface area contributed by atoms with Crippen molar-refractivity contribution in [3.8, 4) is 0 Å². The van der Waals surface area contributed by atoms with Gasteiger partial charge in [-0.05, 0) is 51.5 Å². The lowest BCUT2D eigenvalue weighted by Crippen LogP contribution is -2.49. The van der Waals surface area contributed by atoms with Crippen LogP contribution in [0.1, 0.15) is 47.0 Å². The van der Waals surface area contributed by atoms with Crippen LogP contribution in [0.5, 0.6) is 0 Å². The van der Waals surface area contributed by atoms with Crippen molar-refractivity contribution in [3.63, 3.8) is 0 Å². The Labute approximate surface area is 121 Å². The molecule has 0 amide bonds. The predicted octanol–water partition coefficient (Wildman–Crippen LogP) is 3.67. The van der Waals surface area contributed by atoms with E-state index >= 15 is 0 Å². The summed E-state index contributed by atoms with van der Waals surface area (Å²) in [6.07, 6.45) is -0.830. The molecule has 5 heteroatoms. The maximum Gasteiger partial charge on any atom is 0.401 e. The van der Waals surface area contributed by atoms with E-state index in [1.165, 1.54) is 6.42 Å². The molecule has 0 spiro atoms. The Morgan fingerprint density at radius 3 is 2.40 bits per heavy atom. The molecule has 20 heavy (non-hydrogen) atoms. The number of hydrogen-bond acceptors (Lipinski definition) is 2. The Bertz CT molecular complexity index is 279. The van der Waals surface area contributed by atoms with Gasteiger partial charge < -0.3 is 5.32 Å². The molecule has 120 valence electrons. The molecule has 0 radical (unpaired) electrons. The van der Waals surface area contributed by atoms with Gasteiger partial charge in [0.25, 0.3) is 0 Å². The summed E-state index contributed by atoms with van der Waals surface area (Å²) in [4.78, 5) is 1.58. The van der Waals surface area contributed by atoms with E-state index < -0.39 is 12.7 Å². The lowest BCUT2D eigenvalue weighted by atomic mass is 9.78. The zero-order valence-corrected chi connectivity index (χ0v) is 13.1. The molecule has 1 rings (SSSR count). The number of rotatable bonds is 6. The maximum atomic E-state index is 12.7. The molecule has 3 unspecified atom stereocenters.